The fourth-order valence-corrected chi connectivity index (χ4v) is 2.82. The molecule has 7 nitrogen and oxygen atoms in total. The molecule has 1 amide bonds. The lowest BCUT2D eigenvalue weighted by Gasteiger charge is -2.15. The van der Waals surface area contributed by atoms with Crippen molar-refractivity contribution in [2.75, 3.05) is 5.32 Å². The number of benzene rings is 1. The van der Waals surface area contributed by atoms with Crippen LogP contribution in [0.3, 0.4) is 0 Å². The Morgan fingerprint density at radius 1 is 1.41 bits per heavy atom. The lowest BCUT2D eigenvalue weighted by atomic mass is 10.1. The first-order valence-electron chi connectivity index (χ1n) is 6.56. The van der Waals surface area contributed by atoms with Crippen LogP contribution in [0.4, 0.5) is 5.69 Å². The molecule has 0 spiro atoms. The average Bonchev–Trinajstić information content (AvgIpc) is 3.18. The highest BCUT2D eigenvalue weighted by Crippen LogP contribution is 2.24. The SMILES string of the molecule is O=C(CC(c1ccsc1)n1cnnn1)Nc1cccc(O)c1. The Balaban J connectivity index is 1.75. The predicted molar refractivity (Wildman–Crippen MR) is 81.6 cm³/mol. The number of carbonyl (C=O) groups excluding carboxylic acids is 1. The second-order valence-corrected chi connectivity index (χ2v) is 5.44. The molecule has 8 heteroatoms. The summed E-state index contributed by atoms with van der Waals surface area (Å²) in [5.41, 5.74) is 1.52. The van der Waals surface area contributed by atoms with Gasteiger partial charge in [0.1, 0.15) is 12.1 Å². The van der Waals surface area contributed by atoms with Crippen LogP contribution >= 0.6 is 11.3 Å². The normalized spacial score (nSPS) is 12.0. The summed E-state index contributed by atoms with van der Waals surface area (Å²) in [5, 5.41) is 27.2. The van der Waals surface area contributed by atoms with Crippen LogP contribution in [0.5, 0.6) is 5.75 Å². The van der Waals surface area contributed by atoms with E-state index in [1.54, 1.807) is 34.2 Å². The molecular formula is C14H13N5O2S. The molecule has 2 heterocycles. The Bertz CT molecular complexity index is 708. The number of nitrogens with one attached hydrogen (secondary N) is 1. The minimum absolute atomic E-state index is 0.104. The van der Waals surface area contributed by atoms with Gasteiger partial charge < -0.3 is 10.4 Å². The van der Waals surface area contributed by atoms with Gasteiger partial charge in [0, 0.05) is 11.8 Å². The fourth-order valence-electron chi connectivity index (χ4n) is 2.11. The Morgan fingerprint density at radius 2 is 2.32 bits per heavy atom. The number of aromatic hydroxyl groups is 1. The van der Waals surface area contributed by atoms with Crippen LogP contribution in [0, 0.1) is 0 Å². The van der Waals surface area contributed by atoms with Gasteiger partial charge in [-0.05, 0) is 44.9 Å². The van der Waals surface area contributed by atoms with Crippen molar-refractivity contribution in [2.24, 2.45) is 0 Å². The van der Waals surface area contributed by atoms with Crippen LogP contribution in [0.25, 0.3) is 0 Å². The van der Waals surface area contributed by atoms with Crippen molar-refractivity contribution in [1.29, 1.82) is 0 Å². The number of tetrazole rings is 1. The van der Waals surface area contributed by atoms with Crippen LogP contribution in [-0.2, 0) is 4.79 Å². The first-order valence-corrected chi connectivity index (χ1v) is 7.50. The van der Waals surface area contributed by atoms with E-state index in [2.05, 4.69) is 20.8 Å². The summed E-state index contributed by atoms with van der Waals surface area (Å²) in [6.07, 6.45) is 1.68. The van der Waals surface area contributed by atoms with Crippen molar-refractivity contribution in [3.8, 4) is 5.75 Å². The minimum atomic E-state index is -0.265. The summed E-state index contributed by atoms with van der Waals surface area (Å²) in [4.78, 5) is 12.3. The van der Waals surface area contributed by atoms with Crippen molar-refractivity contribution in [1.82, 2.24) is 20.2 Å². The highest BCUT2D eigenvalue weighted by Gasteiger charge is 2.19. The van der Waals surface area contributed by atoms with Gasteiger partial charge in [-0.1, -0.05) is 6.07 Å². The average molecular weight is 315 g/mol. The van der Waals surface area contributed by atoms with E-state index in [0.29, 0.717) is 5.69 Å². The quantitative estimate of drug-likeness (QED) is 0.752. The molecule has 0 bridgehead atoms. The molecule has 2 N–H and O–H groups in total. The van der Waals surface area contributed by atoms with E-state index in [1.807, 2.05) is 16.8 Å². The van der Waals surface area contributed by atoms with Crippen molar-refractivity contribution in [3.63, 3.8) is 0 Å². The second-order valence-electron chi connectivity index (χ2n) is 4.66. The number of hydrogen-bond acceptors (Lipinski definition) is 6. The van der Waals surface area contributed by atoms with Gasteiger partial charge >= 0.3 is 0 Å². The summed E-state index contributed by atoms with van der Waals surface area (Å²) in [6.45, 7) is 0. The van der Waals surface area contributed by atoms with E-state index < -0.39 is 0 Å². The Kier molecular flexibility index (Phi) is 4.10. The van der Waals surface area contributed by atoms with E-state index in [0.717, 1.165) is 5.56 Å². The van der Waals surface area contributed by atoms with Crippen molar-refractivity contribution in [3.05, 3.63) is 53.0 Å². The van der Waals surface area contributed by atoms with Gasteiger partial charge in [0.15, 0.2) is 0 Å². The molecule has 0 aliphatic heterocycles. The summed E-state index contributed by atoms with van der Waals surface area (Å²) >= 11 is 1.55. The maximum atomic E-state index is 12.3. The van der Waals surface area contributed by atoms with Crippen LogP contribution < -0.4 is 5.32 Å². The maximum absolute atomic E-state index is 12.3. The molecule has 2 aromatic heterocycles. The third-order valence-corrected chi connectivity index (χ3v) is 3.82. The maximum Gasteiger partial charge on any atom is 0.226 e. The monoisotopic (exact) mass is 315 g/mol. The minimum Gasteiger partial charge on any atom is -0.508 e. The van der Waals surface area contributed by atoms with Crippen LogP contribution in [0.15, 0.2) is 47.4 Å². The van der Waals surface area contributed by atoms with Gasteiger partial charge in [-0.2, -0.15) is 11.3 Å². The van der Waals surface area contributed by atoms with E-state index >= 15 is 0 Å². The van der Waals surface area contributed by atoms with Crippen LogP contribution in [-0.4, -0.2) is 31.2 Å². The summed E-state index contributed by atoms with van der Waals surface area (Å²) in [7, 11) is 0. The summed E-state index contributed by atoms with van der Waals surface area (Å²) < 4.78 is 1.56. The second kappa shape index (κ2) is 6.35. The van der Waals surface area contributed by atoms with Gasteiger partial charge in [-0.3, -0.25) is 4.79 Å². The van der Waals surface area contributed by atoms with E-state index in [-0.39, 0.29) is 24.1 Å². The van der Waals surface area contributed by atoms with E-state index in [4.69, 9.17) is 0 Å². The topological polar surface area (TPSA) is 92.9 Å². The highest BCUT2D eigenvalue weighted by atomic mass is 32.1. The lowest BCUT2D eigenvalue weighted by molar-refractivity contribution is -0.116. The molecule has 112 valence electrons. The van der Waals surface area contributed by atoms with Gasteiger partial charge in [-0.25, -0.2) is 4.68 Å². The number of hydrogen-bond donors (Lipinski definition) is 2. The van der Waals surface area contributed by atoms with Crippen LogP contribution in [0.2, 0.25) is 0 Å². The molecule has 1 aromatic carbocycles. The van der Waals surface area contributed by atoms with Gasteiger partial charge in [0.05, 0.1) is 12.5 Å². The van der Waals surface area contributed by atoms with Crippen molar-refractivity contribution < 1.29 is 9.90 Å². The summed E-state index contributed by atoms with van der Waals surface area (Å²) in [6, 6.07) is 8.10. The van der Waals surface area contributed by atoms with Gasteiger partial charge in [-0.15, -0.1) is 5.10 Å². The molecule has 0 aliphatic rings. The van der Waals surface area contributed by atoms with Gasteiger partial charge in [0.2, 0.25) is 5.91 Å². The predicted octanol–water partition coefficient (Wildman–Crippen LogP) is 2.06. The van der Waals surface area contributed by atoms with Crippen molar-refractivity contribution >= 4 is 22.9 Å². The summed E-state index contributed by atoms with van der Waals surface area (Å²) in [5.74, 6) is -0.0787. The molecular weight excluding hydrogens is 302 g/mol. The highest BCUT2D eigenvalue weighted by molar-refractivity contribution is 7.08. The number of phenols is 1. The van der Waals surface area contributed by atoms with E-state index in [9.17, 15) is 9.90 Å². The molecule has 3 rings (SSSR count). The Labute approximate surface area is 130 Å². The molecule has 0 fully saturated rings. The molecule has 0 saturated heterocycles. The third kappa shape index (κ3) is 3.29. The molecule has 0 aliphatic carbocycles. The zero-order valence-electron chi connectivity index (χ0n) is 11.5. The number of nitrogens with zero attached hydrogens (tertiary/aromatic N) is 4. The number of anilines is 1. The first-order chi connectivity index (χ1) is 10.7. The molecule has 0 saturated carbocycles. The first kappa shape index (κ1) is 14.2. The fraction of sp³-hybridized carbons (Fsp3) is 0.143. The number of rotatable bonds is 5. The molecule has 0 radical (unpaired) electrons. The molecule has 22 heavy (non-hydrogen) atoms. The van der Waals surface area contributed by atoms with Crippen molar-refractivity contribution in [2.45, 2.75) is 12.5 Å². The zero-order valence-corrected chi connectivity index (χ0v) is 12.3. The van der Waals surface area contributed by atoms with Gasteiger partial charge in [0.25, 0.3) is 0 Å². The smallest absolute Gasteiger partial charge is 0.226 e. The Morgan fingerprint density at radius 3 is 3.00 bits per heavy atom. The number of aromatic nitrogens is 4. The molecule has 1 unspecified atom stereocenters. The number of thiophene rings is 1. The lowest BCUT2D eigenvalue weighted by Crippen LogP contribution is -2.20. The standard InChI is InChI=1S/C14H13N5O2S/c20-12-3-1-2-11(6-12)16-14(21)7-13(10-4-5-22-8-10)19-9-15-17-18-19/h1-6,8-9,13,20H,7H2,(H,16,21). The van der Waals surface area contributed by atoms with E-state index in [1.165, 1.54) is 12.4 Å². The third-order valence-electron chi connectivity index (χ3n) is 3.12. The molecule has 1 atom stereocenters. The zero-order chi connectivity index (χ0) is 15.4. The molecule has 3 aromatic rings. The number of amides is 1. The Hall–Kier alpha value is -2.74. The number of carbonyl (C=O) groups is 1. The number of phenolic OH excluding ortho intramolecular Hbond substituents is 1. The van der Waals surface area contributed by atoms with Crippen LogP contribution in [0.1, 0.15) is 18.0 Å². The largest absolute Gasteiger partial charge is 0.508 e.